The maximum absolute atomic E-state index is 12.5. The molecule has 3 aliphatic heterocycles. The lowest BCUT2D eigenvalue weighted by Gasteiger charge is -2.44. The first kappa shape index (κ1) is 15.5. The van der Waals surface area contributed by atoms with E-state index < -0.39 is 0 Å². The number of benzene rings is 1. The summed E-state index contributed by atoms with van der Waals surface area (Å²) in [5.41, 5.74) is 0.635. The number of halogens is 1. The van der Waals surface area contributed by atoms with Crippen LogP contribution < -0.4 is 10.1 Å². The van der Waals surface area contributed by atoms with Gasteiger partial charge in [-0.2, -0.15) is 0 Å². The topological polar surface area (TPSA) is 54.7 Å². The van der Waals surface area contributed by atoms with E-state index in [1.165, 1.54) is 32.2 Å². The molecule has 3 saturated heterocycles. The molecule has 3 aliphatic rings. The van der Waals surface area contributed by atoms with Gasteiger partial charge in [0.25, 0.3) is 11.9 Å². The highest BCUT2D eigenvalue weighted by Crippen LogP contribution is 2.28. The van der Waals surface area contributed by atoms with Gasteiger partial charge in [-0.1, -0.05) is 11.6 Å². The van der Waals surface area contributed by atoms with E-state index in [2.05, 4.69) is 10.2 Å². The van der Waals surface area contributed by atoms with Crippen molar-refractivity contribution in [1.82, 2.24) is 10.2 Å². The van der Waals surface area contributed by atoms with Crippen LogP contribution >= 0.6 is 11.6 Å². The molecule has 0 aliphatic carbocycles. The van der Waals surface area contributed by atoms with E-state index in [1.54, 1.807) is 30.3 Å². The summed E-state index contributed by atoms with van der Waals surface area (Å²) in [7, 11) is 0. The summed E-state index contributed by atoms with van der Waals surface area (Å²) in [4.78, 5) is 14.9. The second kappa shape index (κ2) is 6.49. The van der Waals surface area contributed by atoms with Crippen molar-refractivity contribution in [2.45, 2.75) is 18.9 Å². The Kier molecular flexibility index (Phi) is 4.21. The lowest BCUT2D eigenvalue weighted by Crippen LogP contribution is -2.57. The van der Waals surface area contributed by atoms with Gasteiger partial charge in [-0.3, -0.25) is 4.79 Å². The fraction of sp³-hybridized carbons (Fsp3) is 0.389. The summed E-state index contributed by atoms with van der Waals surface area (Å²) in [6, 6.07) is 8.88. The zero-order chi connectivity index (χ0) is 16.5. The molecule has 1 N–H and O–H groups in total. The minimum absolute atomic E-state index is 0.0265. The van der Waals surface area contributed by atoms with Gasteiger partial charge in [0.15, 0.2) is 0 Å². The van der Waals surface area contributed by atoms with Gasteiger partial charge in [0.1, 0.15) is 12.0 Å². The fourth-order valence-electron chi connectivity index (χ4n) is 3.52. The Morgan fingerprint density at radius 3 is 2.58 bits per heavy atom. The van der Waals surface area contributed by atoms with Gasteiger partial charge in [-0.05, 0) is 56.1 Å². The van der Waals surface area contributed by atoms with E-state index in [0.29, 0.717) is 28.2 Å². The van der Waals surface area contributed by atoms with Crippen molar-refractivity contribution in [2.24, 2.45) is 5.92 Å². The van der Waals surface area contributed by atoms with Crippen LogP contribution in [0.4, 0.5) is 0 Å². The van der Waals surface area contributed by atoms with Gasteiger partial charge in [0.2, 0.25) is 0 Å². The zero-order valence-electron chi connectivity index (χ0n) is 13.2. The summed E-state index contributed by atoms with van der Waals surface area (Å²) >= 11 is 5.78. The van der Waals surface area contributed by atoms with Crippen LogP contribution in [0.3, 0.4) is 0 Å². The van der Waals surface area contributed by atoms with Gasteiger partial charge in [0, 0.05) is 24.2 Å². The quantitative estimate of drug-likeness (QED) is 0.919. The van der Waals surface area contributed by atoms with Crippen LogP contribution in [-0.2, 0) is 0 Å². The predicted molar refractivity (Wildman–Crippen MR) is 90.7 cm³/mol. The molecule has 1 aromatic heterocycles. The van der Waals surface area contributed by atoms with E-state index in [4.69, 9.17) is 20.8 Å². The molecule has 1 amide bonds. The maximum atomic E-state index is 12.5. The third kappa shape index (κ3) is 3.28. The highest BCUT2D eigenvalue weighted by molar-refractivity contribution is 6.30. The molecule has 2 aromatic rings. The van der Waals surface area contributed by atoms with Crippen molar-refractivity contribution in [1.29, 1.82) is 0 Å². The minimum atomic E-state index is -0.0265. The lowest BCUT2D eigenvalue weighted by atomic mass is 9.84. The van der Waals surface area contributed by atoms with Crippen molar-refractivity contribution < 1.29 is 13.9 Å². The number of fused-ring (bicyclic) bond motifs is 3. The highest BCUT2D eigenvalue weighted by Gasteiger charge is 2.34. The Bertz CT molecular complexity index is 720. The Labute approximate surface area is 145 Å². The summed E-state index contributed by atoms with van der Waals surface area (Å²) < 4.78 is 10.7. The average Bonchev–Trinajstić information content (AvgIpc) is 3.01. The molecule has 5 rings (SSSR count). The molecule has 0 saturated carbocycles. The number of furan rings is 1. The SMILES string of the molecule is O=C(NC1CN2CCC1CC2)c1ccc(Oc2cc(Cl)co2)cc1. The van der Waals surface area contributed by atoms with E-state index in [0.717, 1.165) is 6.54 Å². The van der Waals surface area contributed by atoms with Crippen LogP contribution in [0.25, 0.3) is 0 Å². The molecule has 6 heteroatoms. The standard InChI is InChI=1S/C18H19ClN2O3/c19-14-9-17(23-11-14)24-15-3-1-13(2-4-15)18(22)20-16-10-21-7-5-12(16)6-8-21/h1-4,9,11-12,16H,5-8,10H2,(H,20,22). The summed E-state index contributed by atoms with van der Waals surface area (Å²) in [6.07, 6.45) is 3.78. The number of nitrogens with one attached hydrogen (secondary N) is 1. The number of carbonyl (C=O) groups excluding carboxylic acids is 1. The molecule has 0 radical (unpaired) electrons. The van der Waals surface area contributed by atoms with Crippen LogP contribution in [-0.4, -0.2) is 36.5 Å². The summed E-state index contributed by atoms with van der Waals surface area (Å²) in [5.74, 6) is 1.51. The number of hydrogen-bond acceptors (Lipinski definition) is 4. The molecule has 126 valence electrons. The average molecular weight is 347 g/mol. The number of carbonyl (C=O) groups is 1. The van der Waals surface area contributed by atoms with Crippen LogP contribution in [0.5, 0.6) is 11.7 Å². The smallest absolute Gasteiger partial charge is 0.291 e. The third-order valence-electron chi connectivity index (χ3n) is 4.85. The van der Waals surface area contributed by atoms with Gasteiger partial charge in [-0.25, -0.2) is 0 Å². The van der Waals surface area contributed by atoms with E-state index >= 15 is 0 Å². The largest absolute Gasteiger partial charge is 0.432 e. The Morgan fingerprint density at radius 1 is 1.25 bits per heavy atom. The van der Waals surface area contributed by atoms with Gasteiger partial charge in [0.05, 0.1) is 5.02 Å². The first-order valence-electron chi connectivity index (χ1n) is 8.22. The second-order valence-corrected chi connectivity index (χ2v) is 6.86. The molecule has 1 unspecified atom stereocenters. The monoisotopic (exact) mass is 346 g/mol. The second-order valence-electron chi connectivity index (χ2n) is 6.43. The van der Waals surface area contributed by atoms with Crippen molar-refractivity contribution >= 4 is 17.5 Å². The summed E-state index contributed by atoms with van der Waals surface area (Å²) in [5, 5.41) is 3.67. The highest BCUT2D eigenvalue weighted by atomic mass is 35.5. The lowest BCUT2D eigenvalue weighted by molar-refractivity contribution is 0.0620. The molecule has 1 atom stereocenters. The van der Waals surface area contributed by atoms with Crippen LogP contribution in [0.2, 0.25) is 5.02 Å². The zero-order valence-corrected chi connectivity index (χ0v) is 14.0. The number of hydrogen-bond donors (Lipinski definition) is 1. The van der Waals surface area contributed by atoms with Gasteiger partial charge < -0.3 is 19.4 Å². The number of nitrogens with zero attached hydrogens (tertiary/aromatic N) is 1. The third-order valence-corrected chi connectivity index (χ3v) is 5.05. The maximum Gasteiger partial charge on any atom is 0.291 e. The number of ether oxygens (including phenoxy) is 1. The van der Waals surface area contributed by atoms with Crippen molar-refractivity contribution in [2.75, 3.05) is 19.6 Å². The number of piperidine rings is 3. The van der Waals surface area contributed by atoms with Crippen molar-refractivity contribution in [3.63, 3.8) is 0 Å². The van der Waals surface area contributed by atoms with Crippen LogP contribution in [0.15, 0.2) is 41.0 Å². The molecule has 4 heterocycles. The molecule has 3 fully saturated rings. The Balaban J connectivity index is 1.38. The van der Waals surface area contributed by atoms with E-state index in [1.807, 2.05) is 0 Å². The van der Waals surface area contributed by atoms with Crippen molar-refractivity contribution in [3.8, 4) is 11.7 Å². The predicted octanol–water partition coefficient (Wildman–Crippen LogP) is 3.55. The Hall–Kier alpha value is -1.98. The Morgan fingerprint density at radius 2 is 2.00 bits per heavy atom. The van der Waals surface area contributed by atoms with Gasteiger partial charge in [-0.15, -0.1) is 0 Å². The number of rotatable bonds is 4. The first-order valence-corrected chi connectivity index (χ1v) is 8.60. The summed E-state index contributed by atoms with van der Waals surface area (Å²) in [6.45, 7) is 3.30. The molecule has 2 bridgehead atoms. The molecule has 1 aromatic carbocycles. The van der Waals surface area contributed by atoms with Crippen molar-refractivity contribution in [3.05, 3.63) is 47.2 Å². The fourth-order valence-corrected chi connectivity index (χ4v) is 3.65. The minimum Gasteiger partial charge on any atom is -0.432 e. The van der Waals surface area contributed by atoms with E-state index in [9.17, 15) is 4.79 Å². The molecule has 5 nitrogen and oxygen atoms in total. The van der Waals surface area contributed by atoms with E-state index in [-0.39, 0.29) is 11.9 Å². The molecular formula is C18H19ClN2O3. The molecule has 24 heavy (non-hydrogen) atoms. The molecule has 0 spiro atoms. The number of amides is 1. The normalized spacial score (nSPS) is 25.5. The van der Waals surface area contributed by atoms with Crippen LogP contribution in [0.1, 0.15) is 23.2 Å². The first-order chi connectivity index (χ1) is 11.7. The van der Waals surface area contributed by atoms with Gasteiger partial charge >= 0.3 is 0 Å². The molecular weight excluding hydrogens is 328 g/mol. The van der Waals surface area contributed by atoms with Crippen LogP contribution in [0, 0.1) is 5.92 Å².